The van der Waals surface area contributed by atoms with E-state index in [2.05, 4.69) is 21.2 Å². The van der Waals surface area contributed by atoms with E-state index in [-0.39, 0.29) is 12.1 Å². The molecule has 1 nitrogen and oxygen atoms in total. The molecule has 0 unspecified atom stereocenters. The van der Waals surface area contributed by atoms with Crippen molar-refractivity contribution in [3.63, 3.8) is 0 Å². The van der Waals surface area contributed by atoms with E-state index in [4.69, 9.17) is 0 Å². The van der Waals surface area contributed by atoms with E-state index in [1.807, 2.05) is 0 Å². The normalized spacial score (nSPS) is 11.5. The zero-order valence-electron chi connectivity index (χ0n) is 11.1. The molecule has 6 heteroatoms. The van der Waals surface area contributed by atoms with Crippen LogP contribution in [0.4, 0.5) is 23.2 Å². The summed E-state index contributed by atoms with van der Waals surface area (Å²) in [5.41, 5.74) is 0.485. The first-order chi connectivity index (χ1) is 9.77. The van der Waals surface area contributed by atoms with E-state index in [1.165, 1.54) is 19.1 Å². The number of halogens is 5. The fourth-order valence-corrected chi connectivity index (χ4v) is 2.14. The highest BCUT2D eigenvalue weighted by Crippen LogP contribution is 2.33. The van der Waals surface area contributed by atoms with Crippen LogP contribution in [0.1, 0.15) is 16.7 Å². The molecule has 112 valence electrons. The Kier molecular flexibility index (Phi) is 4.56. The number of nitrogens with one attached hydrogen (secondary N) is 1. The number of anilines is 1. The monoisotopic (exact) mass is 361 g/mol. The van der Waals surface area contributed by atoms with Crippen LogP contribution in [0.15, 0.2) is 40.9 Å². The van der Waals surface area contributed by atoms with Crippen molar-refractivity contribution in [2.75, 3.05) is 5.32 Å². The van der Waals surface area contributed by atoms with Gasteiger partial charge in [0, 0.05) is 12.2 Å². The van der Waals surface area contributed by atoms with Crippen LogP contribution in [-0.2, 0) is 12.7 Å². The Morgan fingerprint density at radius 3 is 2.43 bits per heavy atom. The molecule has 0 heterocycles. The molecule has 0 saturated heterocycles. The third kappa shape index (κ3) is 3.97. The quantitative estimate of drug-likeness (QED) is 0.709. The Morgan fingerprint density at radius 2 is 1.81 bits per heavy atom. The minimum atomic E-state index is -4.38. The zero-order valence-corrected chi connectivity index (χ0v) is 12.6. The summed E-state index contributed by atoms with van der Waals surface area (Å²) in [6.07, 6.45) is -4.38. The lowest BCUT2D eigenvalue weighted by atomic mass is 10.1. The lowest BCUT2D eigenvalue weighted by molar-refractivity contribution is -0.138. The number of hydrogen-bond donors (Lipinski definition) is 1. The van der Waals surface area contributed by atoms with Crippen LogP contribution >= 0.6 is 15.9 Å². The number of alkyl halides is 3. The van der Waals surface area contributed by atoms with Gasteiger partial charge in [-0.2, -0.15) is 13.2 Å². The van der Waals surface area contributed by atoms with Crippen LogP contribution in [0.3, 0.4) is 0 Å². The Balaban J connectivity index is 2.15. The lowest BCUT2D eigenvalue weighted by Gasteiger charge is -2.13. The summed E-state index contributed by atoms with van der Waals surface area (Å²) >= 11 is 3.04. The summed E-state index contributed by atoms with van der Waals surface area (Å²) in [6, 6.07) is 8.62. The first kappa shape index (κ1) is 15.8. The molecule has 0 aliphatic rings. The number of rotatable bonds is 3. The molecule has 0 atom stereocenters. The van der Waals surface area contributed by atoms with Crippen LogP contribution < -0.4 is 5.32 Å². The number of hydrogen-bond acceptors (Lipinski definition) is 1. The second kappa shape index (κ2) is 6.05. The molecule has 21 heavy (non-hydrogen) atoms. The van der Waals surface area contributed by atoms with Gasteiger partial charge in [0.15, 0.2) is 0 Å². The van der Waals surface area contributed by atoms with Gasteiger partial charge in [-0.25, -0.2) is 4.39 Å². The summed E-state index contributed by atoms with van der Waals surface area (Å²) in [5.74, 6) is -0.408. The second-order valence-electron chi connectivity index (χ2n) is 4.63. The Bertz CT molecular complexity index is 653. The molecule has 1 N–H and O–H groups in total. The molecule has 0 saturated carbocycles. The SMILES string of the molecule is Cc1ccc(NCc2ccc(Br)c(F)c2)cc1C(F)(F)F. The van der Waals surface area contributed by atoms with E-state index in [0.29, 0.717) is 15.7 Å². The largest absolute Gasteiger partial charge is 0.416 e. The lowest BCUT2D eigenvalue weighted by Crippen LogP contribution is -2.09. The smallest absolute Gasteiger partial charge is 0.381 e. The molecule has 2 aromatic carbocycles. The van der Waals surface area contributed by atoms with Crippen molar-refractivity contribution in [2.24, 2.45) is 0 Å². The molecule has 0 spiro atoms. The van der Waals surface area contributed by atoms with Gasteiger partial charge < -0.3 is 5.32 Å². The maximum absolute atomic E-state index is 13.4. The summed E-state index contributed by atoms with van der Waals surface area (Å²) in [6.45, 7) is 1.65. The van der Waals surface area contributed by atoms with E-state index in [0.717, 1.165) is 6.07 Å². The topological polar surface area (TPSA) is 12.0 Å². The molecule has 2 rings (SSSR count). The minimum absolute atomic E-state index is 0.169. The molecule has 0 bridgehead atoms. The highest BCUT2D eigenvalue weighted by Gasteiger charge is 2.32. The molecular weight excluding hydrogens is 350 g/mol. The standard InChI is InChI=1S/C15H12BrF4N/c1-9-2-4-11(7-12(9)15(18,19)20)21-8-10-3-5-13(16)14(17)6-10/h2-7,21H,8H2,1H3. The minimum Gasteiger partial charge on any atom is -0.381 e. The summed E-state index contributed by atoms with van der Waals surface area (Å²) in [5, 5.41) is 2.87. The van der Waals surface area contributed by atoms with Gasteiger partial charge in [0.05, 0.1) is 10.0 Å². The first-order valence-electron chi connectivity index (χ1n) is 6.13. The van der Waals surface area contributed by atoms with Crippen molar-refractivity contribution >= 4 is 21.6 Å². The molecular formula is C15H12BrF4N. The molecule has 0 radical (unpaired) electrons. The van der Waals surface area contributed by atoms with Gasteiger partial charge in [0.1, 0.15) is 5.82 Å². The molecule has 0 aliphatic heterocycles. The Labute approximate surface area is 128 Å². The van der Waals surface area contributed by atoms with Crippen molar-refractivity contribution in [1.29, 1.82) is 0 Å². The Hall–Kier alpha value is -1.56. The van der Waals surface area contributed by atoms with Crippen LogP contribution in [0.5, 0.6) is 0 Å². The van der Waals surface area contributed by atoms with Crippen molar-refractivity contribution < 1.29 is 17.6 Å². The highest BCUT2D eigenvalue weighted by molar-refractivity contribution is 9.10. The van der Waals surface area contributed by atoms with Crippen LogP contribution in [0, 0.1) is 12.7 Å². The van der Waals surface area contributed by atoms with Gasteiger partial charge in [0.25, 0.3) is 0 Å². The molecule has 2 aromatic rings. The molecule has 0 fully saturated rings. The summed E-state index contributed by atoms with van der Waals surface area (Å²) < 4.78 is 52.1. The second-order valence-corrected chi connectivity index (χ2v) is 5.48. The number of aryl methyl sites for hydroxylation is 1. The fraction of sp³-hybridized carbons (Fsp3) is 0.200. The van der Waals surface area contributed by atoms with Crippen molar-refractivity contribution in [2.45, 2.75) is 19.6 Å². The number of benzene rings is 2. The van der Waals surface area contributed by atoms with Gasteiger partial charge in [-0.1, -0.05) is 12.1 Å². The van der Waals surface area contributed by atoms with Gasteiger partial charge in [0.2, 0.25) is 0 Å². The average Bonchev–Trinajstić information content (AvgIpc) is 2.40. The molecule has 0 aliphatic carbocycles. The van der Waals surface area contributed by atoms with Gasteiger partial charge >= 0.3 is 6.18 Å². The third-order valence-corrected chi connectivity index (χ3v) is 3.67. The Morgan fingerprint density at radius 1 is 1.10 bits per heavy atom. The average molecular weight is 362 g/mol. The maximum atomic E-state index is 13.4. The van der Waals surface area contributed by atoms with Crippen LogP contribution in [0.2, 0.25) is 0 Å². The maximum Gasteiger partial charge on any atom is 0.416 e. The molecule has 0 aromatic heterocycles. The van der Waals surface area contributed by atoms with Gasteiger partial charge in [-0.15, -0.1) is 0 Å². The molecule has 0 amide bonds. The van der Waals surface area contributed by atoms with E-state index in [1.54, 1.807) is 18.2 Å². The van der Waals surface area contributed by atoms with Crippen LogP contribution in [-0.4, -0.2) is 0 Å². The third-order valence-electron chi connectivity index (χ3n) is 3.02. The predicted octanol–water partition coefficient (Wildman–Crippen LogP) is 5.53. The zero-order chi connectivity index (χ0) is 15.6. The summed E-state index contributed by atoms with van der Waals surface area (Å²) in [7, 11) is 0. The highest BCUT2D eigenvalue weighted by atomic mass is 79.9. The predicted molar refractivity (Wildman–Crippen MR) is 77.6 cm³/mol. The van der Waals surface area contributed by atoms with E-state index >= 15 is 0 Å². The van der Waals surface area contributed by atoms with Gasteiger partial charge in [-0.3, -0.25) is 0 Å². The van der Waals surface area contributed by atoms with Crippen molar-refractivity contribution in [1.82, 2.24) is 0 Å². The van der Waals surface area contributed by atoms with E-state index in [9.17, 15) is 17.6 Å². The van der Waals surface area contributed by atoms with Gasteiger partial charge in [-0.05, 0) is 58.2 Å². The summed E-state index contributed by atoms with van der Waals surface area (Å²) in [4.78, 5) is 0. The van der Waals surface area contributed by atoms with Crippen molar-refractivity contribution in [3.05, 3.63) is 63.4 Å². The fourth-order valence-electron chi connectivity index (χ4n) is 1.89. The van der Waals surface area contributed by atoms with Crippen molar-refractivity contribution in [3.8, 4) is 0 Å². The van der Waals surface area contributed by atoms with Crippen LogP contribution in [0.25, 0.3) is 0 Å². The first-order valence-corrected chi connectivity index (χ1v) is 6.92. The van der Waals surface area contributed by atoms with E-state index < -0.39 is 17.6 Å².